The van der Waals surface area contributed by atoms with Crippen LogP contribution in [0.2, 0.25) is 0 Å². The maximum Gasteiger partial charge on any atom is 0.0589 e. The van der Waals surface area contributed by atoms with Crippen LogP contribution in [-0.2, 0) is 30.8 Å². The molecule has 0 N–H and O–H groups in total. The zero-order valence-corrected chi connectivity index (χ0v) is 18.7. The van der Waals surface area contributed by atoms with E-state index in [1.165, 1.54) is 54.7 Å². The van der Waals surface area contributed by atoms with Crippen molar-refractivity contribution in [3.05, 3.63) is 52.8 Å². The van der Waals surface area contributed by atoms with Gasteiger partial charge in [0.2, 0.25) is 0 Å². The average Bonchev–Trinajstić information content (AvgIpc) is 3.08. The summed E-state index contributed by atoms with van der Waals surface area (Å²) in [6, 6.07) is 9.24. The van der Waals surface area contributed by atoms with E-state index in [1.807, 2.05) is 0 Å². The Balaban J connectivity index is 1.42. The van der Waals surface area contributed by atoms with Crippen LogP contribution in [0, 0.1) is 12.8 Å². The van der Waals surface area contributed by atoms with Gasteiger partial charge < -0.3 is 4.74 Å². The van der Waals surface area contributed by atoms with Crippen LogP contribution >= 0.6 is 0 Å². The van der Waals surface area contributed by atoms with Crippen LogP contribution in [0.15, 0.2) is 30.5 Å². The number of nitrogens with zero attached hydrogens (tertiary/aromatic N) is 4. The summed E-state index contributed by atoms with van der Waals surface area (Å²) in [6.07, 6.45) is 5.85. The quantitative estimate of drug-likeness (QED) is 0.610. The van der Waals surface area contributed by atoms with Gasteiger partial charge >= 0.3 is 0 Å². The lowest BCUT2D eigenvalue weighted by atomic mass is 9.89. The van der Waals surface area contributed by atoms with E-state index in [-0.39, 0.29) is 0 Å². The molecule has 1 aromatic heterocycles. The van der Waals surface area contributed by atoms with Crippen molar-refractivity contribution >= 4 is 0 Å². The number of rotatable bonds is 10. The minimum atomic E-state index is 0.786. The van der Waals surface area contributed by atoms with Gasteiger partial charge in [0.05, 0.1) is 12.8 Å². The third-order valence-electron chi connectivity index (χ3n) is 6.28. The molecule has 0 saturated carbocycles. The predicted octanol–water partition coefficient (Wildman–Crippen LogP) is 3.74. The van der Waals surface area contributed by atoms with Gasteiger partial charge in [-0.1, -0.05) is 24.3 Å². The lowest BCUT2D eigenvalue weighted by Gasteiger charge is -2.32. The molecule has 1 aliphatic heterocycles. The Bertz CT molecular complexity index is 732. The molecular weight excluding hydrogens is 360 g/mol. The standard InChI is InChI=1S/C24H38N4O/c1-5-28-20(2)24(17-25-28)19-27-12-10-22(11-13-27)16-21-6-8-23(9-7-21)18-26(3)14-15-29-4/h6-9,17,22H,5,10-16,18-19H2,1-4H3. The van der Waals surface area contributed by atoms with Crippen molar-refractivity contribution in [2.24, 2.45) is 5.92 Å². The third kappa shape index (κ3) is 6.39. The number of likely N-dealkylation sites (N-methyl/N-ethyl adjacent to an activating group) is 1. The molecule has 2 heterocycles. The van der Waals surface area contributed by atoms with E-state index < -0.39 is 0 Å². The molecule has 0 spiro atoms. The summed E-state index contributed by atoms with van der Waals surface area (Å²) in [5.74, 6) is 0.806. The molecule has 1 aliphatic rings. The number of hydrogen-bond acceptors (Lipinski definition) is 4. The summed E-state index contributed by atoms with van der Waals surface area (Å²) < 4.78 is 7.26. The number of hydrogen-bond donors (Lipinski definition) is 0. The summed E-state index contributed by atoms with van der Waals surface area (Å²) in [5.41, 5.74) is 5.57. The summed E-state index contributed by atoms with van der Waals surface area (Å²) in [7, 11) is 3.91. The average molecular weight is 399 g/mol. The maximum atomic E-state index is 5.16. The van der Waals surface area contributed by atoms with Crippen LogP contribution in [0.4, 0.5) is 0 Å². The summed E-state index contributed by atoms with van der Waals surface area (Å²) in [6.45, 7) is 11.5. The van der Waals surface area contributed by atoms with Crippen LogP contribution in [0.25, 0.3) is 0 Å². The molecule has 5 heteroatoms. The van der Waals surface area contributed by atoms with Crippen LogP contribution in [0.1, 0.15) is 42.1 Å². The Morgan fingerprint density at radius 1 is 1.14 bits per heavy atom. The molecule has 0 amide bonds. The summed E-state index contributed by atoms with van der Waals surface area (Å²) in [5, 5.41) is 4.49. The van der Waals surface area contributed by atoms with Crippen LogP contribution in [0.3, 0.4) is 0 Å². The highest BCUT2D eigenvalue weighted by atomic mass is 16.5. The van der Waals surface area contributed by atoms with Crippen LogP contribution < -0.4 is 0 Å². The number of benzene rings is 1. The van der Waals surface area contributed by atoms with Crippen molar-refractivity contribution in [2.75, 3.05) is 40.4 Å². The molecule has 0 radical (unpaired) electrons. The number of aromatic nitrogens is 2. The minimum Gasteiger partial charge on any atom is -0.383 e. The first-order valence-corrected chi connectivity index (χ1v) is 11.1. The van der Waals surface area contributed by atoms with E-state index in [9.17, 15) is 0 Å². The molecular formula is C24H38N4O. The van der Waals surface area contributed by atoms with Gasteiger partial charge in [-0.3, -0.25) is 14.5 Å². The molecule has 29 heavy (non-hydrogen) atoms. The number of piperidine rings is 1. The van der Waals surface area contributed by atoms with E-state index in [2.05, 4.69) is 70.9 Å². The normalized spacial score (nSPS) is 16.0. The molecule has 0 bridgehead atoms. The van der Waals surface area contributed by atoms with Gasteiger partial charge in [0, 0.05) is 44.5 Å². The van der Waals surface area contributed by atoms with Gasteiger partial charge in [-0.05, 0) is 70.3 Å². The Morgan fingerprint density at radius 2 is 1.83 bits per heavy atom. The number of ether oxygens (including phenoxy) is 1. The smallest absolute Gasteiger partial charge is 0.0589 e. The van der Waals surface area contributed by atoms with Gasteiger partial charge in [0.15, 0.2) is 0 Å². The maximum absolute atomic E-state index is 5.16. The van der Waals surface area contributed by atoms with Crippen molar-refractivity contribution < 1.29 is 4.74 Å². The predicted molar refractivity (Wildman–Crippen MR) is 119 cm³/mol. The second-order valence-electron chi connectivity index (χ2n) is 8.54. The summed E-state index contributed by atoms with van der Waals surface area (Å²) in [4.78, 5) is 4.90. The molecule has 0 atom stereocenters. The number of likely N-dealkylation sites (tertiary alicyclic amines) is 1. The van der Waals surface area contributed by atoms with Crippen molar-refractivity contribution in [1.29, 1.82) is 0 Å². The molecule has 5 nitrogen and oxygen atoms in total. The first-order chi connectivity index (χ1) is 14.1. The monoisotopic (exact) mass is 398 g/mol. The fourth-order valence-electron chi connectivity index (χ4n) is 4.30. The molecule has 1 fully saturated rings. The van der Waals surface area contributed by atoms with Crippen LogP contribution in [-0.4, -0.2) is 60.0 Å². The SMILES string of the molecule is CCn1ncc(CN2CCC(Cc3ccc(CN(C)CCOC)cc3)CC2)c1C. The first-order valence-electron chi connectivity index (χ1n) is 11.1. The van der Waals surface area contributed by atoms with Gasteiger partial charge in [-0.25, -0.2) is 0 Å². The Labute approximate surface area is 176 Å². The largest absolute Gasteiger partial charge is 0.383 e. The highest BCUT2D eigenvalue weighted by Crippen LogP contribution is 2.24. The van der Waals surface area contributed by atoms with E-state index in [1.54, 1.807) is 7.11 Å². The molecule has 2 aromatic rings. The van der Waals surface area contributed by atoms with Crippen LogP contribution in [0.5, 0.6) is 0 Å². The Morgan fingerprint density at radius 3 is 2.45 bits per heavy atom. The fourth-order valence-corrected chi connectivity index (χ4v) is 4.30. The molecule has 0 unspecified atom stereocenters. The molecule has 1 aromatic carbocycles. The number of aryl methyl sites for hydroxylation is 1. The highest BCUT2D eigenvalue weighted by Gasteiger charge is 2.20. The second-order valence-corrected chi connectivity index (χ2v) is 8.54. The molecule has 1 saturated heterocycles. The van der Waals surface area contributed by atoms with E-state index in [0.29, 0.717) is 0 Å². The van der Waals surface area contributed by atoms with Gasteiger partial charge in [0.1, 0.15) is 0 Å². The van der Waals surface area contributed by atoms with Crippen molar-refractivity contribution in [3.63, 3.8) is 0 Å². The second kappa shape index (κ2) is 10.9. The minimum absolute atomic E-state index is 0.786. The number of methoxy groups -OCH3 is 1. The lowest BCUT2D eigenvalue weighted by Crippen LogP contribution is -2.34. The molecule has 160 valence electrons. The van der Waals surface area contributed by atoms with Gasteiger partial charge in [-0.15, -0.1) is 0 Å². The molecule has 0 aliphatic carbocycles. The van der Waals surface area contributed by atoms with E-state index in [0.717, 1.165) is 38.7 Å². The zero-order chi connectivity index (χ0) is 20.6. The van der Waals surface area contributed by atoms with E-state index in [4.69, 9.17) is 4.74 Å². The topological polar surface area (TPSA) is 33.5 Å². The highest BCUT2D eigenvalue weighted by molar-refractivity contribution is 5.23. The zero-order valence-electron chi connectivity index (χ0n) is 18.7. The van der Waals surface area contributed by atoms with Crippen molar-refractivity contribution in [3.8, 4) is 0 Å². The Kier molecular flexibility index (Phi) is 8.28. The lowest BCUT2D eigenvalue weighted by molar-refractivity contribution is 0.158. The summed E-state index contributed by atoms with van der Waals surface area (Å²) >= 11 is 0. The Hall–Kier alpha value is -1.69. The fraction of sp³-hybridized carbons (Fsp3) is 0.625. The van der Waals surface area contributed by atoms with Crippen molar-refractivity contribution in [1.82, 2.24) is 19.6 Å². The van der Waals surface area contributed by atoms with E-state index >= 15 is 0 Å². The molecule has 3 rings (SSSR count). The third-order valence-corrected chi connectivity index (χ3v) is 6.28. The van der Waals surface area contributed by atoms with Crippen molar-refractivity contribution in [2.45, 2.75) is 52.7 Å². The first kappa shape index (κ1) is 22.0. The van der Waals surface area contributed by atoms with Gasteiger partial charge in [-0.2, -0.15) is 5.10 Å². The van der Waals surface area contributed by atoms with Gasteiger partial charge in [0.25, 0.3) is 0 Å².